The van der Waals surface area contributed by atoms with Crippen molar-refractivity contribution in [2.24, 2.45) is 22.2 Å². The van der Waals surface area contributed by atoms with E-state index in [-0.39, 0.29) is 31.9 Å². The Morgan fingerprint density at radius 3 is 2.44 bits per heavy atom. The van der Waals surface area contributed by atoms with Crippen molar-refractivity contribution < 1.29 is 24.2 Å². The predicted molar refractivity (Wildman–Crippen MR) is 99.7 cm³/mol. The molecule has 0 aliphatic carbocycles. The second kappa shape index (κ2) is 9.03. The largest absolute Gasteiger partial charge is 0.480 e. The zero-order valence-corrected chi connectivity index (χ0v) is 16.2. The standard InChI is InChI=1S/C17H31N5O5/c1-4-16(2,3)27-14(26)17(20,8-6-9-21-15(18)19)13(25)22-10-5-7-11(22)12(23)24/h11H,4-10,20H2,1-3H3,(H,23,24)(H4,18,19,21)/t11-,17-/m0/s1. The van der Waals surface area contributed by atoms with Crippen LogP contribution in [0.3, 0.4) is 0 Å². The summed E-state index contributed by atoms with van der Waals surface area (Å²) >= 11 is 0. The third-order valence-electron chi connectivity index (χ3n) is 4.79. The fraction of sp³-hybridized carbons (Fsp3) is 0.765. The number of nitrogens with two attached hydrogens (primary N) is 3. The lowest BCUT2D eigenvalue weighted by molar-refractivity contribution is -0.170. The monoisotopic (exact) mass is 385 g/mol. The molecule has 7 N–H and O–H groups in total. The van der Waals surface area contributed by atoms with E-state index in [1.54, 1.807) is 13.8 Å². The molecule has 0 aromatic heterocycles. The first kappa shape index (κ1) is 22.7. The number of nitrogens with zero attached hydrogens (tertiary/aromatic N) is 2. The fourth-order valence-electron chi connectivity index (χ4n) is 2.80. The van der Waals surface area contributed by atoms with Gasteiger partial charge in [0, 0.05) is 13.1 Å². The second-order valence-corrected chi connectivity index (χ2v) is 7.38. The fourth-order valence-corrected chi connectivity index (χ4v) is 2.80. The molecular formula is C17H31N5O5. The number of aliphatic imine (C=N–C) groups is 1. The van der Waals surface area contributed by atoms with E-state index >= 15 is 0 Å². The van der Waals surface area contributed by atoms with E-state index in [1.165, 1.54) is 0 Å². The number of carbonyl (C=O) groups excluding carboxylic acids is 2. The number of rotatable bonds is 9. The molecule has 154 valence electrons. The molecule has 1 amide bonds. The smallest absolute Gasteiger partial charge is 0.336 e. The summed E-state index contributed by atoms with van der Waals surface area (Å²) in [6, 6.07) is -0.995. The molecule has 1 aliphatic rings. The van der Waals surface area contributed by atoms with Crippen LogP contribution in [0.1, 0.15) is 52.9 Å². The molecule has 0 aromatic rings. The molecule has 10 nitrogen and oxygen atoms in total. The van der Waals surface area contributed by atoms with Crippen molar-refractivity contribution in [3.63, 3.8) is 0 Å². The SMILES string of the molecule is CCC(C)(C)OC(=O)[C@](N)(CCCN=C(N)N)C(=O)N1CCC[C@H]1C(=O)O. The molecule has 0 spiro atoms. The number of amides is 1. The van der Waals surface area contributed by atoms with Crippen LogP contribution in [-0.4, -0.2) is 64.1 Å². The van der Waals surface area contributed by atoms with E-state index in [1.807, 2.05) is 6.92 Å². The minimum Gasteiger partial charge on any atom is -0.480 e. The Balaban J connectivity index is 3.08. The van der Waals surface area contributed by atoms with Gasteiger partial charge in [0.05, 0.1) is 0 Å². The highest BCUT2D eigenvalue weighted by Crippen LogP contribution is 2.26. The van der Waals surface area contributed by atoms with Gasteiger partial charge in [-0.2, -0.15) is 0 Å². The van der Waals surface area contributed by atoms with Crippen LogP contribution in [0, 0.1) is 0 Å². The minimum atomic E-state index is -2.00. The van der Waals surface area contributed by atoms with E-state index in [9.17, 15) is 19.5 Å². The van der Waals surface area contributed by atoms with Crippen molar-refractivity contribution in [2.45, 2.75) is 70.1 Å². The first-order chi connectivity index (χ1) is 12.4. The number of aliphatic carboxylic acids is 1. The summed E-state index contributed by atoms with van der Waals surface area (Å²) in [5, 5.41) is 9.34. The lowest BCUT2D eigenvalue weighted by atomic mass is 9.91. The van der Waals surface area contributed by atoms with Gasteiger partial charge in [0.2, 0.25) is 0 Å². The molecule has 2 atom stereocenters. The van der Waals surface area contributed by atoms with Gasteiger partial charge in [0.15, 0.2) is 11.5 Å². The van der Waals surface area contributed by atoms with Crippen LogP contribution in [0.25, 0.3) is 0 Å². The van der Waals surface area contributed by atoms with Crippen LogP contribution in [-0.2, 0) is 19.1 Å². The van der Waals surface area contributed by atoms with Gasteiger partial charge in [-0.25, -0.2) is 9.59 Å². The number of hydrogen-bond donors (Lipinski definition) is 4. The van der Waals surface area contributed by atoms with Crippen LogP contribution in [0.4, 0.5) is 0 Å². The number of carboxylic acid groups (broad SMARTS) is 1. The maximum atomic E-state index is 13.1. The maximum absolute atomic E-state index is 13.1. The molecule has 10 heteroatoms. The third kappa shape index (κ3) is 5.81. The van der Waals surface area contributed by atoms with Gasteiger partial charge in [-0.05, 0) is 46.0 Å². The van der Waals surface area contributed by atoms with Crippen LogP contribution < -0.4 is 17.2 Å². The van der Waals surface area contributed by atoms with Crippen LogP contribution in [0.5, 0.6) is 0 Å². The van der Waals surface area contributed by atoms with Crippen LogP contribution >= 0.6 is 0 Å². The van der Waals surface area contributed by atoms with Gasteiger partial charge in [0.25, 0.3) is 5.91 Å². The Morgan fingerprint density at radius 1 is 1.30 bits per heavy atom. The number of carboxylic acids is 1. The number of guanidine groups is 1. The number of carbonyl (C=O) groups is 3. The highest BCUT2D eigenvalue weighted by atomic mass is 16.6. The van der Waals surface area contributed by atoms with E-state index in [4.69, 9.17) is 21.9 Å². The number of esters is 1. The van der Waals surface area contributed by atoms with Crippen LogP contribution in [0.15, 0.2) is 4.99 Å². The average Bonchev–Trinajstić information content (AvgIpc) is 3.07. The molecule has 0 bridgehead atoms. The van der Waals surface area contributed by atoms with E-state index < -0.39 is 35.0 Å². The Kier molecular flexibility index (Phi) is 7.58. The summed E-state index contributed by atoms with van der Waals surface area (Å²) in [4.78, 5) is 42.3. The van der Waals surface area contributed by atoms with Gasteiger partial charge in [-0.1, -0.05) is 6.92 Å². The second-order valence-electron chi connectivity index (χ2n) is 7.38. The van der Waals surface area contributed by atoms with Gasteiger partial charge >= 0.3 is 11.9 Å². The molecule has 0 radical (unpaired) electrons. The lowest BCUT2D eigenvalue weighted by Gasteiger charge is -2.35. The Bertz CT molecular complexity index is 603. The molecule has 1 saturated heterocycles. The number of hydrogen-bond acceptors (Lipinski definition) is 6. The molecule has 0 unspecified atom stereocenters. The van der Waals surface area contributed by atoms with Gasteiger partial charge < -0.3 is 31.9 Å². The Morgan fingerprint density at radius 2 is 1.93 bits per heavy atom. The normalized spacial score (nSPS) is 19.3. The molecule has 1 fully saturated rings. The Hall–Kier alpha value is -2.36. The highest BCUT2D eigenvalue weighted by molar-refractivity contribution is 6.08. The minimum absolute atomic E-state index is 0.0654. The summed E-state index contributed by atoms with van der Waals surface area (Å²) < 4.78 is 5.46. The van der Waals surface area contributed by atoms with Crippen LogP contribution in [0.2, 0.25) is 0 Å². The molecule has 1 aliphatic heterocycles. The first-order valence-electron chi connectivity index (χ1n) is 9.06. The van der Waals surface area contributed by atoms with Crippen molar-refractivity contribution >= 4 is 23.8 Å². The van der Waals surface area contributed by atoms with Gasteiger partial charge in [-0.15, -0.1) is 0 Å². The quantitative estimate of drug-likeness (QED) is 0.136. The van der Waals surface area contributed by atoms with E-state index in [0.29, 0.717) is 19.3 Å². The molecule has 1 rings (SSSR count). The van der Waals surface area contributed by atoms with E-state index in [2.05, 4.69) is 4.99 Å². The topological polar surface area (TPSA) is 174 Å². The zero-order chi connectivity index (χ0) is 20.8. The molecular weight excluding hydrogens is 354 g/mol. The van der Waals surface area contributed by atoms with Crippen molar-refractivity contribution in [2.75, 3.05) is 13.1 Å². The molecule has 0 aromatic carbocycles. The van der Waals surface area contributed by atoms with Gasteiger partial charge in [0.1, 0.15) is 11.6 Å². The van der Waals surface area contributed by atoms with E-state index in [0.717, 1.165) is 4.90 Å². The number of ether oxygens (including phenoxy) is 1. The van der Waals surface area contributed by atoms with Crippen molar-refractivity contribution in [3.05, 3.63) is 0 Å². The Labute approximate surface area is 159 Å². The molecule has 1 heterocycles. The van der Waals surface area contributed by atoms with Crippen molar-refractivity contribution in [3.8, 4) is 0 Å². The highest BCUT2D eigenvalue weighted by Gasteiger charge is 2.50. The average molecular weight is 385 g/mol. The van der Waals surface area contributed by atoms with Crippen molar-refractivity contribution in [1.29, 1.82) is 0 Å². The first-order valence-corrected chi connectivity index (χ1v) is 9.06. The summed E-state index contributed by atoms with van der Waals surface area (Å²) in [6.07, 6.45) is 1.57. The number of likely N-dealkylation sites (tertiary alicyclic amines) is 1. The van der Waals surface area contributed by atoms with Crippen molar-refractivity contribution in [1.82, 2.24) is 4.90 Å². The van der Waals surface area contributed by atoms with Gasteiger partial charge in [-0.3, -0.25) is 9.79 Å². The zero-order valence-electron chi connectivity index (χ0n) is 16.2. The predicted octanol–water partition coefficient (Wildman–Crippen LogP) is -0.455. The summed E-state index contributed by atoms with van der Waals surface area (Å²) in [6.45, 7) is 5.68. The third-order valence-corrected chi connectivity index (χ3v) is 4.79. The lowest BCUT2D eigenvalue weighted by Crippen LogP contribution is -2.63. The maximum Gasteiger partial charge on any atom is 0.336 e. The molecule has 27 heavy (non-hydrogen) atoms. The summed E-state index contributed by atoms with van der Waals surface area (Å²) in [5.74, 6) is -2.84. The summed E-state index contributed by atoms with van der Waals surface area (Å²) in [7, 11) is 0. The summed E-state index contributed by atoms with van der Waals surface area (Å²) in [5.41, 5.74) is 14.0. The molecule has 0 saturated carbocycles.